The molecule has 4 rings (SSSR count). The lowest BCUT2D eigenvalue weighted by Gasteiger charge is -2.32. The van der Waals surface area contributed by atoms with Gasteiger partial charge >= 0.3 is 0 Å². The minimum absolute atomic E-state index is 0. The number of carbonyl (C=O) groups is 1. The Hall–Kier alpha value is -1.89. The third-order valence-corrected chi connectivity index (χ3v) is 5.07. The number of nitrogens with zero attached hydrogens (tertiary/aromatic N) is 2. The zero-order valence-corrected chi connectivity index (χ0v) is 15.3. The van der Waals surface area contributed by atoms with E-state index in [0.29, 0.717) is 17.4 Å². The predicted molar refractivity (Wildman–Crippen MR) is 100 cm³/mol. The first kappa shape index (κ1) is 18.9. The van der Waals surface area contributed by atoms with Crippen LogP contribution in [0, 0.1) is 5.82 Å². The first-order valence-electron chi connectivity index (χ1n) is 8.81. The quantitative estimate of drug-likeness (QED) is 0.890. The van der Waals surface area contributed by atoms with E-state index in [1.54, 1.807) is 30.3 Å². The van der Waals surface area contributed by atoms with E-state index in [0.717, 1.165) is 45.7 Å². The van der Waals surface area contributed by atoms with Crippen molar-refractivity contribution in [3.63, 3.8) is 0 Å². The molecule has 1 N–H and O–H groups in total. The fourth-order valence-corrected chi connectivity index (χ4v) is 3.69. The summed E-state index contributed by atoms with van der Waals surface area (Å²) < 4.78 is 19.5. The van der Waals surface area contributed by atoms with Crippen molar-refractivity contribution in [3.05, 3.63) is 48.0 Å². The highest BCUT2D eigenvalue weighted by molar-refractivity contribution is 5.92. The molecule has 0 radical (unpaired) electrons. The first-order chi connectivity index (χ1) is 12.2. The van der Waals surface area contributed by atoms with Crippen LogP contribution in [0.15, 0.2) is 40.8 Å². The number of hydrogen-bond acceptors (Lipinski definition) is 4. The Balaban J connectivity index is 0.00000196. The number of rotatable bonds is 3. The van der Waals surface area contributed by atoms with Gasteiger partial charge in [-0.2, -0.15) is 0 Å². The molecule has 1 atom stereocenters. The topological polar surface area (TPSA) is 48.7 Å². The molecule has 1 aromatic carbocycles. The number of likely N-dealkylation sites (tertiary alicyclic amines) is 1. The molecule has 2 saturated heterocycles. The minimum Gasteiger partial charge on any atom is -0.451 e. The maximum absolute atomic E-state index is 13.9. The van der Waals surface area contributed by atoms with E-state index in [2.05, 4.69) is 10.2 Å². The van der Waals surface area contributed by atoms with E-state index in [1.807, 2.05) is 4.90 Å². The largest absolute Gasteiger partial charge is 0.451 e. The lowest BCUT2D eigenvalue weighted by molar-refractivity contribution is 0.0743. The van der Waals surface area contributed by atoms with Crippen LogP contribution < -0.4 is 5.32 Å². The number of halogens is 2. The number of benzene rings is 1. The highest BCUT2D eigenvalue weighted by Crippen LogP contribution is 2.26. The summed E-state index contributed by atoms with van der Waals surface area (Å²) in [6.07, 6.45) is 0.993. The van der Waals surface area contributed by atoms with Crippen LogP contribution in [-0.2, 0) is 0 Å². The van der Waals surface area contributed by atoms with E-state index < -0.39 is 0 Å². The van der Waals surface area contributed by atoms with Gasteiger partial charge in [0.1, 0.15) is 11.6 Å². The molecule has 2 fully saturated rings. The summed E-state index contributed by atoms with van der Waals surface area (Å²) in [6, 6.07) is 10.1. The summed E-state index contributed by atoms with van der Waals surface area (Å²) in [5.41, 5.74) is 0.377. The number of nitrogens with one attached hydrogen (secondary N) is 1. The van der Waals surface area contributed by atoms with Crippen LogP contribution in [0.5, 0.6) is 0 Å². The molecule has 1 aromatic heterocycles. The van der Waals surface area contributed by atoms with Gasteiger partial charge in [-0.15, -0.1) is 12.4 Å². The van der Waals surface area contributed by atoms with Crippen molar-refractivity contribution in [3.8, 4) is 11.3 Å². The molecule has 2 aliphatic heterocycles. The zero-order chi connectivity index (χ0) is 17.2. The summed E-state index contributed by atoms with van der Waals surface area (Å²) in [6.45, 7) is 5.55. The van der Waals surface area contributed by atoms with Gasteiger partial charge in [0.2, 0.25) is 0 Å². The van der Waals surface area contributed by atoms with E-state index in [9.17, 15) is 9.18 Å². The van der Waals surface area contributed by atoms with Crippen LogP contribution >= 0.6 is 12.4 Å². The predicted octanol–water partition coefficient (Wildman–Crippen LogP) is 2.63. The number of amides is 1. The molecule has 0 aliphatic carbocycles. The standard InChI is InChI=1S/C19H22FN3O2.ClH/c20-16-4-2-1-3-15(16)17-5-6-18(25-17)19(24)23-10-7-14(13-23)22-11-8-21-9-12-22;/h1-6,14,21H,7-13H2;1H. The maximum Gasteiger partial charge on any atom is 0.289 e. The lowest BCUT2D eigenvalue weighted by atomic mass is 10.1. The molecule has 7 heteroatoms. The molecule has 140 valence electrons. The van der Waals surface area contributed by atoms with E-state index in [1.165, 1.54) is 6.07 Å². The summed E-state index contributed by atoms with van der Waals surface area (Å²) in [7, 11) is 0. The Kier molecular flexibility index (Phi) is 5.96. The Morgan fingerprint density at radius 2 is 1.88 bits per heavy atom. The van der Waals surface area contributed by atoms with E-state index in [4.69, 9.17) is 4.42 Å². The van der Waals surface area contributed by atoms with Crippen LogP contribution in [0.1, 0.15) is 17.0 Å². The van der Waals surface area contributed by atoms with E-state index >= 15 is 0 Å². The van der Waals surface area contributed by atoms with Crippen LogP contribution in [0.25, 0.3) is 11.3 Å². The molecule has 2 aromatic rings. The summed E-state index contributed by atoms with van der Waals surface area (Å²) in [5, 5.41) is 3.35. The molecule has 0 spiro atoms. The highest BCUT2D eigenvalue weighted by Gasteiger charge is 2.32. The summed E-state index contributed by atoms with van der Waals surface area (Å²) in [5.74, 6) is 0.203. The van der Waals surface area contributed by atoms with E-state index in [-0.39, 0.29) is 29.9 Å². The SMILES string of the molecule is Cl.O=C(c1ccc(-c2ccccc2F)o1)N1CCC(N2CCNCC2)C1. The second-order valence-electron chi connectivity index (χ2n) is 6.62. The van der Waals surface area contributed by atoms with Gasteiger partial charge in [0.15, 0.2) is 5.76 Å². The lowest BCUT2D eigenvalue weighted by Crippen LogP contribution is -2.49. The third-order valence-electron chi connectivity index (χ3n) is 5.07. The van der Waals surface area contributed by atoms with Gasteiger partial charge in [-0.05, 0) is 30.7 Å². The van der Waals surface area contributed by atoms with Gasteiger partial charge in [0.05, 0.1) is 5.56 Å². The third kappa shape index (κ3) is 3.77. The van der Waals surface area contributed by atoms with Crippen molar-refractivity contribution >= 4 is 18.3 Å². The number of piperazine rings is 1. The van der Waals surface area contributed by atoms with Crippen LogP contribution in [0.4, 0.5) is 4.39 Å². The van der Waals surface area contributed by atoms with Crippen molar-refractivity contribution in [1.82, 2.24) is 15.1 Å². The molecule has 0 bridgehead atoms. The summed E-state index contributed by atoms with van der Waals surface area (Å²) in [4.78, 5) is 17.0. The molecule has 1 amide bonds. The second kappa shape index (κ2) is 8.20. The van der Waals surface area contributed by atoms with Gasteiger partial charge in [0, 0.05) is 45.3 Å². The van der Waals surface area contributed by atoms with Crippen molar-refractivity contribution in [2.75, 3.05) is 39.3 Å². The monoisotopic (exact) mass is 379 g/mol. The highest BCUT2D eigenvalue weighted by atomic mass is 35.5. The Bertz CT molecular complexity index is 761. The molecule has 2 aliphatic rings. The molecular formula is C19H23ClFN3O2. The van der Waals surface area contributed by atoms with Gasteiger partial charge in [-0.25, -0.2) is 4.39 Å². The van der Waals surface area contributed by atoms with Gasteiger partial charge < -0.3 is 14.6 Å². The van der Waals surface area contributed by atoms with Crippen LogP contribution in [-0.4, -0.2) is 61.0 Å². The Labute approximate surface area is 158 Å². The molecule has 5 nitrogen and oxygen atoms in total. The zero-order valence-electron chi connectivity index (χ0n) is 14.5. The number of carbonyl (C=O) groups excluding carboxylic acids is 1. The van der Waals surface area contributed by atoms with Crippen LogP contribution in [0.2, 0.25) is 0 Å². The maximum atomic E-state index is 13.9. The molecule has 1 unspecified atom stereocenters. The Morgan fingerprint density at radius 1 is 1.12 bits per heavy atom. The normalized spacial score (nSPS) is 20.8. The van der Waals surface area contributed by atoms with Crippen molar-refractivity contribution in [1.29, 1.82) is 0 Å². The van der Waals surface area contributed by atoms with Crippen molar-refractivity contribution in [2.24, 2.45) is 0 Å². The van der Waals surface area contributed by atoms with Gasteiger partial charge in [-0.1, -0.05) is 12.1 Å². The van der Waals surface area contributed by atoms with Gasteiger partial charge in [0.25, 0.3) is 5.91 Å². The smallest absolute Gasteiger partial charge is 0.289 e. The van der Waals surface area contributed by atoms with Crippen molar-refractivity contribution in [2.45, 2.75) is 12.5 Å². The minimum atomic E-state index is -0.351. The fourth-order valence-electron chi connectivity index (χ4n) is 3.69. The molecule has 3 heterocycles. The number of furan rings is 1. The second-order valence-corrected chi connectivity index (χ2v) is 6.62. The fraction of sp³-hybridized carbons (Fsp3) is 0.421. The van der Waals surface area contributed by atoms with Crippen LogP contribution in [0.3, 0.4) is 0 Å². The molecule has 0 saturated carbocycles. The molecular weight excluding hydrogens is 357 g/mol. The Morgan fingerprint density at radius 3 is 2.65 bits per heavy atom. The van der Waals surface area contributed by atoms with Crippen molar-refractivity contribution < 1.29 is 13.6 Å². The summed E-state index contributed by atoms with van der Waals surface area (Å²) >= 11 is 0. The number of hydrogen-bond donors (Lipinski definition) is 1. The van der Waals surface area contributed by atoms with Gasteiger partial charge in [-0.3, -0.25) is 9.69 Å². The average Bonchev–Trinajstić information content (AvgIpc) is 3.32. The molecule has 26 heavy (non-hydrogen) atoms. The first-order valence-corrected chi connectivity index (χ1v) is 8.81. The average molecular weight is 380 g/mol.